The molecule has 0 aliphatic heterocycles. The van der Waals surface area contributed by atoms with Crippen molar-refractivity contribution in [1.29, 1.82) is 0 Å². The minimum absolute atomic E-state index is 0.114. The topological polar surface area (TPSA) is 74.5 Å². The van der Waals surface area contributed by atoms with E-state index >= 15 is 0 Å². The van der Waals surface area contributed by atoms with Crippen molar-refractivity contribution >= 4 is 17.3 Å². The standard InChI is InChI=1S/C12H9ClN2O4/c1-18-8-3-2-4-9(7-8)19-12-10(15(16)17)5-6-11(13)14-12/h2-7H,1H3. The second kappa shape index (κ2) is 5.53. The van der Waals surface area contributed by atoms with Gasteiger partial charge in [-0.15, -0.1) is 0 Å². The summed E-state index contributed by atoms with van der Waals surface area (Å²) < 4.78 is 10.4. The Balaban J connectivity index is 2.36. The molecule has 0 saturated heterocycles. The highest BCUT2D eigenvalue weighted by Crippen LogP contribution is 2.31. The highest BCUT2D eigenvalue weighted by molar-refractivity contribution is 6.29. The average molecular weight is 281 g/mol. The molecule has 1 aromatic heterocycles. The van der Waals surface area contributed by atoms with E-state index in [0.717, 1.165) is 0 Å². The van der Waals surface area contributed by atoms with E-state index in [9.17, 15) is 10.1 Å². The normalized spacial score (nSPS) is 10.0. The molecule has 2 aromatic rings. The Bertz CT molecular complexity index is 618. The predicted molar refractivity (Wildman–Crippen MR) is 69.0 cm³/mol. The average Bonchev–Trinajstić information content (AvgIpc) is 2.38. The number of nitrogens with zero attached hydrogens (tertiary/aromatic N) is 2. The largest absolute Gasteiger partial charge is 0.497 e. The molecule has 0 amide bonds. The van der Waals surface area contributed by atoms with Crippen LogP contribution in [0.25, 0.3) is 0 Å². The van der Waals surface area contributed by atoms with E-state index in [0.29, 0.717) is 11.5 Å². The van der Waals surface area contributed by atoms with Gasteiger partial charge in [0.05, 0.1) is 12.0 Å². The third-order valence-corrected chi connectivity index (χ3v) is 2.47. The highest BCUT2D eigenvalue weighted by atomic mass is 35.5. The maximum Gasteiger partial charge on any atom is 0.331 e. The quantitative estimate of drug-likeness (QED) is 0.487. The molecule has 1 aromatic carbocycles. The van der Waals surface area contributed by atoms with E-state index in [1.165, 1.54) is 19.2 Å². The molecule has 7 heteroatoms. The first-order valence-electron chi connectivity index (χ1n) is 5.23. The molecule has 0 aliphatic carbocycles. The number of hydrogen-bond acceptors (Lipinski definition) is 5. The summed E-state index contributed by atoms with van der Waals surface area (Å²) >= 11 is 5.71. The fraction of sp³-hybridized carbons (Fsp3) is 0.0833. The van der Waals surface area contributed by atoms with Gasteiger partial charge in [0.25, 0.3) is 0 Å². The van der Waals surface area contributed by atoms with Crippen molar-refractivity contribution in [3.63, 3.8) is 0 Å². The van der Waals surface area contributed by atoms with Crippen molar-refractivity contribution in [1.82, 2.24) is 4.98 Å². The van der Waals surface area contributed by atoms with E-state index in [1.54, 1.807) is 24.3 Å². The Kier molecular flexibility index (Phi) is 3.82. The molecule has 98 valence electrons. The van der Waals surface area contributed by atoms with Crippen molar-refractivity contribution in [2.75, 3.05) is 7.11 Å². The van der Waals surface area contributed by atoms with Gasteiger partial charge >= 0.3 is 11.6 Å². The van der Waals surface area contributed by atoms with Crippen LogP contribution < -0.4 is 9.47 Å². The molecule has 0 aliphatic rings. The number of benzene rings is 1. The lowest BCUT2D eigenvalue weighted by atomic mass is 10.3. The zero-order valence-corrected chi connectivity index (χ0v) is 10.6. The number of rotatable bonds is 4. The zero-order valence-electron chi connectivity index (χ0n) is 9.87. The summed E-state index contributed by atoms with van der Waals surface area (Å²) in [5, 5.41) is 11.0. The van der Waals surface area contributed by atoms with E-state index in [4.69, 9.17) is 21.1 Å². The van der Waals surface area contributed by atoms with Crippen LogP contribution in [0.4, 0.5) is 5.69 Å². The van der Waals surface area contributed by atoms with Crippen molar-refractivity contribution in [2.24, 2.45) is 0 Å². The lowest BCUT2D eigenvalue weighted by Crippen LogP contribution is -1.96. The van der Waals surface area contributed by atoms with Gasteiger partial charge in [-0.3, -0.25) is 10.1 Å². The van der Waals surface area contributed by atoms with Gasteiger partial charge < -0.3 is 9.47 Å². The minimum atomic E-state index is -0.584. The van der Waals surface area contributed by atoms with Crippen molar-refractivity contribution in [2.45, 2.75) is 0 Å². The third kappa shape index (κ3) is 3.11. The number of methoxy groups -OCH3 is 1. The van der Waals surface area contributed by atoms with Crippen molar-refractivity contribution < 1.29 is 14.4 Å². The third-order valence-electron chi connectivity index (χ3n) is 2.26. The van der Waals surface area contributed by atoms with Crippen molar-refractivity contribution in [3.8, 4) is 17.4 Å². The van der Waals surface area contributed by atoms with Gasteiger partial charge in [0, 0.05) is 12.1 Å². The van der Waals surface area contributed by atoms with Gasteiger partial charge in [-0.25, -0.2) is 0 Å². The number of ether oxygens (including phenoxy) is 2. The van der Waals surface area contributed by atoms with E-state index in [1.807, 2.05) is 0 Å². The van der Waals surface area contributed by atoms with Crippen LogP contribution in [0.2, 0.25) is 5.15 Å². The summed E-state index contributed by atoms with van der Waals surface area (Å²) in [4.78, 5) is 14.1. The van der Waals surface area contributed by atoms with Crippen LogP contribution in [0.15, 0.2) is 36.4 Å². The Morgan fingerprint density at radius 1 is 1.26 bits per heavy atom. The van der Waals surface area contributed by atoms with E-state index in [-0.39, 0.29) is 16.7 Å². The second-order valence-electron chi connectivity index (χ2n) is 3.50. The van der Waals surface area contributed by atoms with Crippen LogP contribution in [-0.2, 0) is 0 Å². The van der Waals surface area contributed by atoms with Crippen LogP contribution in [0.1, 0.15) is 0 Å². The summed E-state index contributed by atoms with van der Waals surface area (Å²) in [7, 11) is 1.51. The summed E-state index contributed by atoms with van der Waals surface area (Å²) in [5.41, 5.74) is -0.257. The van der Waals surface area contributed by atoms with Gasteiger partial charge in [0.2, 0.25) is 0 Å². The van der Waals surface area contributed by atoms with E-state index < -0.39 is 4.92 Å². The molecule has 6 nitrogen and oxygen atoms in total. The summed E-state index contributed by atoms with van der Waals surface area (Å²) in [6.45, 7) is 0. The maximum absolute atomic E-state index is 10.9. The lowest BCUT2D eigenvalue weighted by molar-refractivity contribution is -0.386. The van der Waals surface area contributed by atoms with Crippen LogP contribution in [0, 0.1) is 10.1 Å². The Morgan fingerprint density at radius 3 is 2.68 bits per heavy atom. The Labute approximate surface area is 113 Å². The molecule has 0 spiro atoms. The van der Waals surface area contributed by atoms with Gasteiger partial charge in [0.15, 0.2) is 0 Å². The molecule has 0 N–H and O–H groups in total. The fourth-order valence-corrected chi connectivity index (χ4v) is 1.54. The molecule has 1 heterocycles. The monoisotopic (exact) mass is 280 g/mol. The lowest BCUT2D eigenvalue weighted by Gasteiger charge is -2.06. The first-order valence-corrected chi connectivity index (χ1v) is 5.61. The molecule has 0 fully saturated rings. The maximum atomic E-state index is 10.9. The number of aromatic nitrogens is 1. The van der Waals surface area contributed by atoms with Gasteiger partial charge in [-0.1, -0.05) is 17.7 Å². The van der Waals surface area contributed by atoms with Crippen LogP contribution in [0.3, 0.4) is 0 Å². The predicted octanol–water partition coefficient (Wildman–Crippen LogP) is 3.44. The molecule has 0 atom stereocenters. The molecule has 0 radical (unpaired) electrons. The zero-order chi connectivity index (χ0) is 13.8. The number of halogens is 1. The van der Waals surface area contributed by atoms with Crippen LogP contribution in [-0.4, -0.2) is 17.0 Å². The summed E-state index contributed by atoms with van der Waals surface area (Å²) in [6.07, 6.45) is 0. The first-order chi connectivity index (χ1) is 9.10. The molecule has 0 bridgehead atoms. The Hall–Kier alpha value is -2.34. The molecular weight excluding hydrogens is 272 g/mol. The number of hydrogen-bond donors (Lipinski definition) is 0. The van der Waals surface area contributed by atoms with Crippen molar-refractivity contribution in [3.05, 3.63) is 51.7 Å². The Morgan fingerprint density at radius 2 is 2.00 bits per heavy atom. The molecule has 2 rings (SSSR count). The minimum Gasteiger partial charge on any atom is -0.497 e. The van der Waals surface area contributed by atoms with Gasteiger partial charge in [0.1, 0.15) is 16.7 Å². The number of pyridine rings is 1. The second-order valence-corrected chi connectivity index (χ2v) is 3.88. The first kappa shape index (κ1) is 13.1. The van der Waals surface area contributed by atoms with E-state index in [2.05, 4.69) is 4.98 Å². The fourth-order valence-electron chi connectivity index (χ4n) is 1.40. The highest BCUT2D eigenvalue weighted by Gasteiger charge is 2.18. The molecular formula is C12H9ClN2O4. The number of nitro groups is 1. The molecule has 0 unspecified atom stereocenters. The van der Waals surface area contributed by atoms with Gasteiger partial charge in [-0.05, 0) is 18.2 Å². The summed E-state index contributed by atoms with van der Waals surface area (Å²) in [6, 6.07) is 9.22. The molecule has 19 heavy (non-hydrogen) atoms. The van der Waals surface area contributed by atoms with Gasteiger partial charge in [-0.2, -0.15) is 4.98 Å². The molecule has 0 saturated carbocycles. The summed E-state index contributed by atoms with van der Waals surface area (Å²) in [5.74, 6) is 0.783. The van der Waals surface area contributed by atoms with Crippen LogP contribution in [0.5, 0.6) is 17.4 Å². The SMILES string of the molecule is COc1cccc(Oc2nc(Cl)ccc2[N+](=O)[O-])c1. The van der Waals surface area contributed by atoms with Crippen LogP contribution >= 0.6 is 11.6 Å². The smallest absolute Gasteiger partial charge is 0.331 e.